The van der Waals surface area contributed by atoms with Crippen LogP contribution in [0.1, 0.15) is 37.4 Å². The lowest BCUT2D eigenvalue weighted by molar-refractivity contribution is 0.750. The minimum atomic E-state index is 0.206. The second-order valence-corrected chi connectivity index (χ2v) is 6.46. The lowest BCUT2D eigenvalue weighted by atomic mass is 10.2. The molecule has 2 heterocycles. The van der Waals surface area contributed by atoms with E-state index in [1.807, 2.05) is 12.1 Å². The number of aromatic nitrogens is 2. The minimum Gasteiger partial charge on any atom is -0.355 e. The van der Waals surface area contributed by atoms with Crippen molar-refractivity contribution in [1.29, 1.82) is 5.26 Å². The number of hydrogen-bond acceptors (Lipinski definition) is 6. The largest absolute Gasteiger partial charge is 0.355 e. The molecule has 1 aliphatic heterocycles. The van der Waals surface area contributed by atoms with Crippen molar-refractivity contribution in [2.75, 3.05) is 23.3 Å². The zero-order valence-corrected chi connectivity index (χ0v) is 14.6. The molecular weight excluding hydrogens is 312 g/mol. The summed E-state index contributed by atoms with van der Waals surface area (Å²) in [6.07, 6.45) is 4.14. The average Bonchev–Trinajstić information content (AvgIpc) is 3.06. The van der Waals surface area contributed by atoms with Gasteiger partial charge in [-0.25, -0.2) is 4.98 Å². The van der Waals surface area contributed by atoms with E-state index < -0.39 is 0 Å². The number of anilines is 3. The lowest BCUT2D eigenvalue weighted by Gasteiger charge is -2.19. The molecule has 0 radical (unpaired) electrons. The zero-order chi connectivity index (χ0) is 17.6. The van der Waals surface area contributed by atoms with Crippen LogP contribution in [0.5, 0.6) is 0 Å². The molecule has 0 saturated carbocycles. The molecule has 1 fully saturated rings. The fourth-order valence-corrected chi connectivity index (χ4v) is 2.98. The van der Waals surface area contributed by atoms with Gasteiger partial charge in [-0.05, 0) is 37.5 Å². The first-order chi connectivity index (χ1) is 12.2. The summed E-state index contributed by atoms with van der Waals surface area (Å²) in [6.45, 7) is 3.93. The predicted molar refractivity (Wildman–Crippen MR) is 99.9 cm³/mol. The van der Waals surface area contributed by atoms with Crippen LogP contribution in [-0.2, 0) is 6.42 Å². The van der Waals surface area contributed by atoms with Crippen molar-refractivity contribution < 1.29 is 0 Å². The highest BCUT2D eigenvalue weighted by Crippen LogP contribution is 2.23. The fourth-order valence-electron chi connectivity index (χ4n) is 2.98. The van der Waals surface area contributed by atoms with E-state index in [0.29, 0.717) is 11.5 Å². The van der Waals surface area contributed by atoms with Crippen molar-refractivity contribution in [2.45, 2.75) is 38.6 Å². The number of aryl methyl sites for hydroxylation is 1. The van der Waals surface area contributed by atoms with Crippen LogP contribution in [0, 0.1) is 11.3 Å². The summed E-state index contributed by atoms with van der Waals surface area (Å²) in [6, 6.07) is 11.8. The van der Waals surface area contributed by atoms with Crippen LogP contribution in [0.25, 0.3) is 0 Å². The van der Waals surface area contributed by atoms with Gasteiger partial charge in [0.05, 0.1) is 11.6 Å². The van der Waals surface area contributed by atoms with Gasteiger partial charge in [0.25, 0.3) is 0 Å². The van der Waals surface area contributed by atoms with Gasteiger partial charge in [-0.2, -0.15) is 10.2 Å². The third-order valence-corrected chi connectivity index (χ3v) is 4.35. The summed E-state index contributed by atoms with van der Waals surface area (Å²) in [5.74, 6) is 1.49. The number of hydrogen-bond donors (Lipinski definition) is 2. The average molecular weight is 336 g/mol. The highest BCUT2D eigenvalue weighted by atomic mass is 15.2. The Morgan fingerprint density at radius 2 is 2.24 bits per heavy atom. The minimum absolute atomic E-state index is 0.206. The van der Waals surface area contributed by atoms with Gasteiger partial charge in [0.2, 0.25) is 5.95 Å². The fraction of sp³-hybridized carbons (Fsp3) is 0.421. The molecule has 3 N–H and O–H groups in total. The topological polar surface area (TPSA) is 90.9 Å². The van der Waals surface area contributed by atoms with E-state index in [9.17, 15) is 0 Å². The molecule has 2 aromatic rings. The van der Waals surface area contributed by atoms with Crippen LogP contribution in [0.4, 0.5) is 17.5 Å². The second kappa shape index (κ2) is 7.95. The van der Waals surface area contributed by atoms with E-state index in [0.717, 1.165) is 56.0 Å². The van der Waals surface area contributed by atoms with Crippen molar-refractivity contribution in [3.63, 3.8) is 0 Å². The Kier molecular flexibility index (Phi) is 5.46. The van der Waals surface area contributed by atoms with E-state index in [-0.39, 0.29) is 6.04 Å². The Hall–Kier alpha value is -2.65. The zero-order valence-electron chi connectivity index (χ0n) is 14.6. The Balaban J connectivity index is 1.87. The summed E-state index contributed by atoms with van der Waals surface area (Å²) in [5, 5.41) is 12.3. The molecule has 0 amide bonds. The highest BCUT2D eigenvalue weighted by Gasteiger charge is 2.21. The molecule has 0 bridgehead atoms. The van der Waals surface area contributed by atoms with Crippen molar-refractivity contribution >= 4 is 17.5 Å². The first-order valence-corrected chi connectivity index (χ1v) is 8.83. The Labute approximate surface area is 148 Å². The van der Waals surface area contributed by atoms with E-state index in [1.165, 1.54) is 0 Å². The molecule has 1 aliphatic rings. The second-order valence-electron chi connectivity index (χ2n) is 6.46. The van der Waals surface area contributed by atoms with Gasteiger partial charge in [0.1, 0.15) is 5.82 Å². The maximum Gasteiger partial charge on any atom is 0.229 e. The lowest BCUT2D eigenvalue weighted by Crippen LogP contribution is -2.27. The number of nitriles is 1. The smallest absolute Gasteiger partial charge is 0.229 e. The number of rotatable bonds is 6. The van der Waals surface area contributed by atoms with Gasteiger partial charge in [-0.3, -0.25) is 0 Å². The summed E-state index contributed by atoms with van der Waals surface area (Å²) in [5.41, 5.74) is 8.50. The van der Waals surface area contributed by atoms with Crippen molar-refractivity contribution in [1.82, 2.24) is 9.97 Å². The highest BCUT2D eigenvalue weighted by molar-refractivity contribution is 5.58. The van der Waals surface area contributed by atoms with E-state index in [1.54, 1.807) is 12.1 Å². The van der Waals surface area contributed by atoms with Gasteiger partial charge in [0, 0.05) is 36.6 Å². The maximum absolute atomic E-state index is 9.05. The van der Waals surface area contributed by atoms with Crippen molar-refractivity contribution in [3.05, 3.63) is 41.6 Å². The third-order valence-electron chi connectivity index (χ3n) is 4.35. The molecular formula is C19H24N6. The molecule has 1 unspecified atom stereocenters. The molecule has 0 aliphatic carbocycles. The van der Waals surface area contributed by atoms with Gasteiger partial charge in [0.15, 0.2) is 0 Å². The van der Waals surface area contributed by atoms with Crippen LogP contribution >= 0.6 is 0 Å². The third kappa shape index (κ3) is 4.46. The molecule has 0 spiro atoms. The molecule has 1 aromatic carbocycles. The van der Waals surface area contributed by atoms with Crippen LogP contribution in [-0.4, -0.2) is 29.1 Å². The Morgan fingerprint density at radius 1 is 1.36 bits per heavy atom. The molecule has 25 heavy (non-hydrogen) atoms. The van der Waals surface area contributed by atoms with Crippen LogP contribution in [0.2, 0.25) is 0 Å². The number of nitrogens with one attached hydrogen (secondary N) is 1. The Bertz CT molecular complexity index is 767. The number of unbranched alkanes of at least 4 members (excludes halogenated alkanes) is 1. The molecule has 6 nitrogen and oxygen atoms in total. The summed E-state index contributed by atoms with van der Waals surface area (Å²) < 4.78 is 0. The molecule has 1 atom stereocenters. The summed E-state index contributed by atoms with van der Waals surface area (Å²) in [4.78, 5) is 11.5. The van der Waals surface area contributed by atoms with E-state index >= 15 is 0 Å². The first-order valence-electron chi connectivity index (χ1n) is 8.83. The standard InChI is InChI=1S/C19H24N6/c1-2-3-6-17-11-18(25-9-8-15(21)13-25)24-19(23-17)22-16-7-4-5-14(10-16)12-20/h4-5,7,10-11,15H,2-3,6,8-9,13,21H2,1H3,(H,22,23,24). The van der Waals surface area contributed by atoms with Crippen LogP contribution in [0.3, 0.4) is 0 Å². The number of nitrogens with two attached hydrogens (primary N) is 1. The van der Waals surface area contributed by atoms with Crippen molar-refractivity contribution in [3.8, 4) is 6.07 Å². The van der Waals surface area contributed by atoms with Gasteiger partial charge < -0.3 is 16.0 Å². The van der Waals surface area contributed by atoms with E-state index in [2.05, 4.69) is 39.2 Å². The Morgan fingerprint density at radius 3 is 2.96 bits per heavy atom. The number of benzene rings is 1. The predicted octanol–water partition coefficient (Wildman–Crippen LogP) is 2.97. The first kappa shape index (κ1) is 17.2. The van der Waals surface area contributed by atoms with Crippen molar-refractivity contribution in [2.24, 2.45) is 5.73 Å². The van der Waals surface area contributed by atoms with Crippen LogP contribution < -0.4 is 16.0 Å². The molecule has 3 rings (SSSR count). The van der Waals surface area contributed by atoms with Gasteiger partial charge >= 0.3 is 0 Å². The number of nitrogens with zero attached hydrogens (tertiary/aromatic N) is 4. The van der Waals surface area contributed by atoms with Crippen LogP contribution in [0.15, 0.2) is 30.3 Å². The summed E-state index contributed by atoms with van der Waals surface area (Å²) in [7, 11) is 0. The monoisotopic (exact) mass is 336 g/mol. The SMILES string of the molecule is CCCCc1cc(N2CCC(N)C2)nc(Nc2cccc(C#N)c2)n1. The van der Waals surface area contributed by atoms with Gasteiger partial charge in [-0.15, -0.1) is 0 Å². The summed E-state index contributed by atoms with van der Waals surface area (Å²) >= 11 is 0. The molecule has 130 valence electrons. The molecule has 1 saturated heterocycles. The quantitative estimate of drug-likeness (QED) is 0.843. The van der Waals surface area contributed by atoms with E-state index in [4.69, 9.17) is 11.0 Å². The normalized spacial score (nSPS) is 16.7. The molecule has 6 heteroatoms. The van der Waals surface area contributed by atoms with Gasteiger partial charge in [-0.1, -0.05) is 19.4 Å². The molecule has 1 aromatic heterocycles. The maximum atomic E-state index is 9.05.